The lowest BCUT2D eigenvalue weighted by Crippen LogP contribution is -2.29. The minimum Gasteiger partial charge on any atom is -0.347 e. The van der Waals surface area contributed by atoms with Crippen molar-refractivity contribution >= 4 is 0 Å². The largest absolute Gasteiger partial charge is 0.347 e. The maximum atomic E-state index is 5.97. The Hall–Kier alpha value is -0.0800. The molecule has 2 atom stereocenters. The van der Waals surface area contributed by atoms with Crippen molar-refractivity contribution in [2.45, 2.75) is 70.4 Å². The topological polar surface area (TPSA) is 18.5 Å². The molecule has 0 bridgehead atoms. The highest BCUT2D eigenvalue weighted by molar-refractivity contribution is 4.87. The first kappa shape index (κ1) is 9.47. The molecule has 2 heteroatoms. The zero-order valence-electron chi connectivity index (χ0n) is 8.71. The van der Waals surface area contributed by atoms with Gasteiger partial charge >= 0.3 is 0 Å². The molecule has 0 amide bonds. The van der Waals surface area contributed by atoms with Gasteiger partial charge in [-0.15, -0.1) is 0 Å². The van der Waals surface area contributed by atoms with Crippen molar-refractivity contribution < 1.29 is 9.47 Å². The van der Waals surface area contributed by atoms with Crippen LogP contribution in [-0.4, -0.2) is 18.0 Å². The number of rotatable bonds is 2. The Morgan fingerprint density at radius 3 is 1.77 bits per heavy atom. The lowest BCUT2D eigenvalue weighted by atomic mass is 10.1. The molecular weight excluding hydrogens is 164 g/mol. The average Bonchev–Trinajstić information content (AvgIpc) is 2.74. The minimum absolute atomic E-state index is 0.165. The van der Waals surface area contributed by atoms with Crippen molar-refractivity contribution in [1.29, 1.82) is 0 Å². The van der Waals surface area contributed by atoms with E-state index in [1.807, 2.05) is 0 Å². The molecule has 2 saturated heterocycles. The second-order valence-electron chi connectivity index (χ2n) is 4.28. The van der Waals surface area contributed by atoms with Gasteiger partial charge in [0.2, 0.25) is 0 Å². The monoisotopic (exact) mass is 184 g/mol. The first-order valence-corrected chi connectivity index (χ1v) is 5.63. The summed E-state index contributed by atoms with van der Waals surface area (Å²) in [4.78, 5) is 0. The first-order chi connectivity index (χ1) is 6.28. The molecule has 0 aromatic carbocycles. The van der Waals surface area contributed by atoms with Gasteiger partial charge in [-0.25, -0.2) is 0 Å². The molecule has 2 fully saturated rings. The Morgan fingerprint density at radius 1 is 1.00 bits per heavy atom. The summed E-state index contributed by atoms with van der Waals surface area (Å²) < 4.78 is 11.9. The van der Waals surface area contributed by atoms with Crippen molar-refractivity contribution in [3.05, 3.63) is 0 Å². The van der Waals surface area contributed by atoms with E-state index in [9.17, 15) is 0 Å². The zero-order chi connectivity index (χ0) is 9.31. The van der Waals surface area contributed by atoms with Crippen LogP contribution in [0.2, 0.25) is 0 Å². The molecule has 0 unspecified atom stereocenters. The maximum Gasteiger partial charge on any atom is 0.169 e. The molecule has 2 aliphatic heterocycles. The summed E-state index contributed by atoms with van der Waals surface area (Å²) in [5, 5.41) is 0. The second-order valence-corrected chi connectivity index (χ2v) is 4.28. The van der Waals surface area contributed by atoms with Crippen LogP contribution in [0.4, 0.5) is 0 Å². The zero-order valence-corrected chi connectivity index (χ0v) is 8.71. The van der Waals surface area contributed by atoms with E-state index in [2.05, 4.69) is 13.8 Å². The molecule has 0 aromatic heterocycles. The average molecular weight is 184 g/mol. The van der Waals surface area contributed by atoms with Crippen LogP contribution in [0.25, 0.3) is 0 Å². The van der Waals surface area contributed by atoms with Gasteiger partial charge in [0.1, 0.15) is 0 Å². The fourth-order valence-electron chi connectivity index (χ4n) is 2.45. The molecule has 2 aliphatic rings. The van der Waals surface area contributed by atoms with Gasteiger partial charge in [-0.1, -0.05) is 13.8 Å². The van der Waals surface area contributed by atoms with Gasteiger partial charge in [0.05, 0.1) is 12.2 Å². The standard InChI is InChI=1S/C11H20O2/c1-3-9-5-7-11(12-9)8-6-10(4-2)13-11/h9-10H,3-8H2,1-2H3/t9-,10-,11?/m0/s1. The summed E-state index contributed by atoms with van der Waals surface area (Å²) in [7, 11) is 0. The third-order valence-corrected chi connectivity index (χ3v) is 3.37. The Balaban J connectivity index is 1.93. The van der Waals surface area contributed by atoms with Crippen LogP contribution in [0.3, 0.4) is 0 Å². The Kier molecular flexibility index (Phi) is 2.61. The van der Waals surface area contributed by atoms with Gasteiger partial charge in [-0.05, 0) is 25.7 Å². The van der Waals surface area contributed by atoms with E-state index in [4.69, 9.17) is 9.47 Å². The van der Waals surface area contributed by atoms with E-state index >= 15 is 0 Å². The highest BCUT2D eigenvalue weighted by Gasteiger charge is 2.45. The molecule has 2 nitrogen and oxygen atoms in total. The van der Waals surface area contributed by atoms with E-state index in [0.717, 1.165) is 25.7 Å². The Morgan fingerprint density at radius 2 is 1.46 bits per heavy atom. The predicted octanol–water partition coefficient (Wildman–Crippen LogP) is 2.86. The van der Waals surface area contributed by atoms with Crippen LogP contribution in [0.15, 0.2) is 0 Å². The normalized spacial score (nSPS) is 37.4. The van der Waals surface area contributed by atoms with Crippen LogP contribution < -0.4 is 0 Å². The fourth-order valence-corrected chi connectivity index (χ4v) is 2.45. The van der Waals surface area contributed by atoms with E-state index in [1.165, 1.54) is 12.8 Å². The van der Waals surface area contributed by atoms with E-state index in [-0.39, 0.29) is 5.79 Å². The lowest BCUT2D eigenvalue weighted by Gasteiger charge is -2.24. The van der Waals surface area contributed by atoms with Crippen LogP contribution >= 0.6 is 0 Å². The molecule has 0 saturated carbocycles. The molecule has 76 valence electrons. The van der Waals surface area contributed by atoms with Crippen molar-refractivity contribution in [3.63, 3.8) is 0 Å². The summed E-state index contributed by atoms with van der Waals surface area (Å²) in [5.74, 6) is -0.165. The van der Waals surface area contributed by atoms with E-state index in [1.54, 1.807) is 0 Å². The third-order valence-electron chi connectivity index (χ3n) is 3.37. The Bertz CT molecular complexity index is 159. The van der Waals surface area contributed by atoms with Crippen molar-refractivity contribution in [2.24, 2.45) is 0 Å². The van der Waals surface area contributed by atoms with Crippen LogP contribution in [0.5, 0.6) is 0 Å². The SMILES string of the molecule is CC[C@H]1CCC2(CC[C@H](CC)O2)O1. The van der Waals surface area contributed by atoms with E-state index < -0.39 is 0 Å². The molecule has 13 heavy (non-hydrogen) atoms. The van der Waals surface area contributed by atoms with Gasteiger partial charge in [0.15, 0.2) is 5.79 Å². The van der Waals surface area contributed by atoms with Crippen molar-refractivity contribution in [3.8, 4) is 0 Å². The summed E-state index contributed by atoms with van der Waals surface area (Å²) in [6, 6.07) is 0. The highest BCUT2D eigenvalue weighted by atomic mass is 16.7. The molecule has 1 spiro atoms. The van der Waals surface area contributed by atoms with Crippen LogP contribution in [-0.2, 0) is 9.47 Å². The molecule has 0 N–H and O–H groups in total. The second kappa shape index (κ2) is 3.58. The summed E-state index contributed by atoms with van der Waals surface area (Å²) >= 11 is 0. The molecule has 0 radical (unpaired) electrons. The lowest BCUT2D eigenvalue weighted by molar-refractivity contribution is -0.216. The van der Waals surface area contributed by atoms with E-state index in [0.29, 0.717) is 12.2 Å². The first-order valence-electron chi connectivity index (χ1n) is 5.63. The van der Waals surface area contributed by atoms with Crippen LogP contribution in [0, 0.1) is 0 Å². The molecular formula is C11H20O2. The predicted molar refractivity (Wildman–Crippen MR) is 51.5 cm³/mol. The summed E-state index contributed by atoms with van der Waals surface area (Å²) in [6.45, 7) is 4.38. The van der Waals surface area contributed by atoms with Gasteiger partial charge in [0.25, 0.3) is 0 Å². The van der Waals surface area contributed by atoms with Gasteiger partial charge in [-0.2, -0.15) is 0 Å². The number of ether oxygens (including phenoxy) is 2. The molecule has 2 heterocycles. The third kappa shape index (κ3) is 1.75. The summed E-state index contributed by atoms with van der Waals surface area (Å²) in [5.41, 5.74) is 0. The maximum absolute atomic E-state index is 5.97. The van der Waals surface area contributed by atoms with Crippen LogP contribution in [0.1, 0.15) is 52.4 Å². The smallest absolute Gasteiger partial charge is 0.169 e. The van der Waals surface area contributed by atoms with Crippen molar-refractivity contribution in [2.75, 3.05) is 0 Å². The van der Waals surface area contributed by atoms with Crippen molar-refractivity contribution in [1.82, 2.24) is 0 Å². The quantitative estimate of drug-likeness (QED) is 0.657. The molecule has 0 aliphatic carbocycles. The van der Waals surface area contributed by atoms with Gasteiger partial charge in [0, 0.05) is 12.8 Å². The number of hydrogen-bond donors (Lipinski definition) is 0. The number of hydrogen-bond acceptors (Lipinski definition) is 2. The minimum atomic E-state index is -0.165. The van der Waals surface area contributed by atoms with Gasteiger partial charge < -0.3 is 9.47 Å². The fraction of sp³-hybridized carbons (Fsp3) is 1.00. The Labute approximate surface area is 80.6 Å². The molecule has 2 rings (SSSR count). The summed E-state index contributed by atoms with van der Waals surface area (Å²) in [6.07, 6.45) is 7.76. The highest BCUT2D eigenvalue weighted by Crippen LogP contribution is 2.43. The molecule has 0 aromatic rings. The van der Waals surface area contributed by atoms with Gasteiger partial charge in [-0.3, -0.25) is 0 Å².